The highest BCUT2D eigenvalue weighted by Crippen LogP contribution is 2.43. The summed E-state index contributed by atoms with van der Waals surface area (Å²) in [7, 11) is 2.95. The molecule has 1 heterocycles. The molecule has 0 radical (unpaired) electrons. The smallest absolute Gasteiger partial charge is 0.330 e. The lowest BCUT2D eigenvalue weighted by Gasteiger charge is -2.23. The molecule has 0 bridgehead atoms. The van der Waals surface area contributed by atoms with Gasteiger partial charge in [-0.25, -0.2) is 4.79 Å². The third kappa shape index (κ3) is 6.12. The Morgan fingerprint density at radius 1 is 0.895 bits per heavy atom. The number of aromatic hydroxyl groups is 4. The zero-order valence-electron chi connectivity index (χ0n) is 21.0. The molecule has 1 saturated heterocycles. The first-order valence-electron chi connectivity index (χ1n) is 12.0. The third-order valence-electron chi connectivity index (χ3n) is 6.59. The van der Waals surface area contributed by atoms with E-state index in [-0.39, 0.29) is 41.4 Å². The summed E-state index contributed by atoms with van der Waals surface area (Å²) in [5, 5.41) is 39.1. The number of carbonyl (C=O) groups is 1. The molecule has 0 aliphatic carbocycles. The normalized spacial score (nSPS) is 18.9. The van der Waals surface area contributed by atoms with Crippen molar-refractivity contribution in [1.82, 2.24) is 0 Å². The van der Waals surface area contributed by atoms with E-state index in [1.54, 1.807) is 30.3 Å². The molecule has 200 valence electrons. The van der Waals surface area contributed by atoms with Crippen LogP contribution >= 0.6 is 0 Å². The maximum Gasteiger partial charge on any atom is 0.330 e. The monoisotopic (exact) mass is 522 g/mol. The number of methoxy groups -OCH3 is 2. The van der Waals surface area contributed by atoms with E-state index in [2.05, 4.69) is 0 Å². The molecule has 0 saturated carbocycles. The predicted octanol–water partition coefficient (Wildman–Crippen LogP) is 4.33. The van der Waals surface area contributed by atoms with Gasteiger partial charge in [0.25, 0.3) is 0 Å². The number of phenolic OH excluding ortho intramolecular Hbond substituents is 4. The molecular formula is C29H30O9. The van der Waals surface area contributed by atoms with Crippen molar-refractivity contribution < 1.29 is 44.2 Å². The van der Waals surface area contributed by atoms with Crippen LogP contribution in [0.1, 0.15) is 22.8 Å². The summed E-state index contributed by atoms with van der Waals surface area (Å²) in [5.74, 6) is -0.619. The first-order valence-corrected chi connectivity index (χ1v) is 12.0. The average molecular weight is 523 g/mol. The molecule has 0 amide bonds. The van der Waals surface area contributed by atoms with E-state index in [1.165, 1.54) is 44.6 Å². The Morgan fingerprint density at radius 3 is 2.29 bits per heavy atom. The summed E-state index contributed by atoms with van der Waals surface area (Å²) in [6.45, 7) is 0.472. The number of rotatable bonds is 9. The standard InChI is InChI=1S/C29H30O9/c1-35-26-13-18(4-8-23(26)31)11-20-15-38-29(19-6-9-24(32)27(14-19)36-2)21(20)16-37-28(34)10-5-17-3-7-22(30)25(33)12-17/h3-10,12-14,20-21,29-33H,11,15-16H2,1-2H3/t20-,21-,29+/m1/s1. The van der Waals surface area contributed by atoms with Crippen LogP contribution < -0.4 is 9.47 Å². The summed E-state index contributed by atoms with van der Waals surface area (Å²) in [6, 6.07) is 14.4. The Morgan fingerprint density at radius 2 is 1.58 bits per heavy atom. The lowest BCUT2D eigenvalue weighted by molar-refractivity contribution is -0.139. The van der Waals surface area contributed by atoms with Crippen molar-refractivity contribution >= 4 is 12.0 Å². The van der Waals surface area contributed by atoms with E-state index in [9.17, 15) is 25.2 Å². The van der Waals surface area contributed by atoms with E-state index >= 15 is 0 Å². The second-order valence-electron chi connectivity index (χ2n) is 9.03. The Bertz CT molecular complexity index is 1320. The predicted molar refractivity (Wildman–Crippen MR) is 138 cm³/mol. The Balaban J connectivity index is 1.52. The Kier molecular flexibility index (Phi) is 8.28. The fraction of sp³-hybridized carbons (Fsp3) is 0.276. The lowest BCUT2D eigenvalue weighted by atomic mass is 9.84. The van der Waals surface area contributed by atoms with Crippen molar-refractivity contribution in [3.63, 3.8) is 0 Å². The van der Waals surface area contributed by atoms with Gasteiger partial charge in [-0.05, 0) is 71.5 Å². The average Bonchev–Trinajstić information content (AvgIpc) is 3.31. The van der Waals surface area contributed by atoms with Gasteiger partial charge in [0.2, 0.25) is 0 Å². The minimum atomic E-state index is -0.573. The molecule has 3 aromatic carbocycles. The highest BCUT2D eigenvalue weighted by molar-refractivity contribution is 5.87. The van der Waals surface area contributed by atoms with Gasteiger partial charge in [-0.1, -0.05) is 18.2 Å². The molecule has 9 heteroatoms. The molecule has 4 rings (SSSR count). The molecular weight excluding hydrogens is 492 g/mol. The summed E-state index contributed by atoms with van der Waals surface area (Å²) in [6.07, 6.45) is 2.90. The highest BCUT2D eigenvalue weighted by atomic mass is 16.5. The molecule has 1 fully saturated rings. The maximum absolute atomic E-state index is 12.5. The van der Waals surface area contributed by atoms with E-state index < -0.39 is 12.1 Å². The van der Waals surface area contributed by atoms with Gasteiger partial charge in [0.1, 0.15) is 0 Å². The minimum Gasteiger partial charge on any atom is -0.504 e. The van der Waals surface area contributed by atoms with Crippen LogP contribution in [0.15, 0.2) is 60.7 Å². The van der Waals surface area contributed by atoms with Crippen molar-refractivity contribution in [3.8, 4) is 34.5 Å². The molecule has 0 aromatic heterocycles. The second kappa shape index (κ2) is 11.8. The van der Waals surface area contributed by atoms with Crippen molar-refractivity contribution in [1.29, 1.82) is 0 Å². The molecule has 3 atom stereocenters. The fourth-order valence-corrected chi connectivity index (χ4v) is 4.56. The van der Waals surface area contributed by atoms with Crippen molar-refractivity contribution in [2.24, 2.45) is 11.8 Å². The van der Waals surface area contributed by atoms with Gasteiger partial charge in [0.15, 0.2) is 34.5 Å². The summed E-state index contributed by atoms with van der Waals surface area (Å²) in [4.78, 5) is 12.5. The van der Waals surface area contributed by atoms with Gasteiger partial charge >= 0.3 is 5.97 Å². The fourth-order valence-electron chi connectivity index (χ4n) is 4.56. The number of esters is 1. The van der Waals surface area contributed by atoms with Crippen LogP contribution in [-0.4, -0.2) is 53.8 Å². The SMILES string of the molecule is COc1cc(C[C@@H]2CO[C@@H](c3ccc(O)c(OC)c3)[C@@H]2COC(=O)C=Cc2ccc(O)c(O)c2)ccc1O. The second-order valence-corrected chi connectivity index (χ2v) is 9.03. The molecule has 0 spiro atoms. The zero-order valence-corrected chi connectivity index (χ0v) is 21.0. The van der Waals surface area contributed by atoms with E-state index in [0.717, 1.165) is 11.1 Å². The van der Waals surface area contributed by atoms with Crippen LogP contribution in [0, 0.1) is 11.8 Å². The van der Waals surface area contributed by atoms with E-state index in [0.29, 0.717) is 30.1 Å². The molecule has 1 aliphatic heterocycles. The van der Waals surface area contributed by atoms with Crippen molar-refractivity contribution in [3.05, 3.63) is 77.4 Å². The lowest BCUT2D eigenvalue weighted by Crippen LogP contribution is -2.24. The van der Waals surface area contributed by atoms with Gasteiger partial charge in [-0.3, -0.25) is 0 Å². The maximum atomic E-state index is 12.5. The molecule has 38 heavy (non-hydrogen) atoms. The van der Waals surface area contributed by atoms with Crippen LogP contribution in [0.25, 0.3) is 6.08 Å². The van der Waals surface area contributed by atoms with E-state index in [4.69, 9.17) is 18.9 Å². The summed E-state index contributed by atoms with van der Waals surface area (Å²) >= 11 is 0. The topological polar surface area (TPSA) is 135 Å². The number of ether oxygens (including phenoxy) is 4. The van der Waals surface area contributed by atoms with Crippen LogP contribution in [0.3, 0.4) is 0 Å². The Labute approximate surface area is 220 Å². The minimum absolute atomic E-state index is 0.00960. The first-order chi connectivity index (χ1) is 18.3. The molecule has 1 aliphatic rings. The zero-order chi connectivity index (χ0) is 27.2. The van der Waals surface area contributed by atoms with Crippen LogP contribution in [0.4, 0.5) is 0 Å². The molecule has 3 aromatic rings. The largest absolute Gasteiger partial charge is 0.504 e. The molecule has 4 N–H and O–H groups in total. The van der Waals surface area contributed by atoms with Gasteiger partial charge < -0.3 is 39.4 Å². The number of carbonyl (C=O) groups excluding carboxylic acids is 1. The molecule has 9 nitrogen and oxygen atoms in total. The van der Waals surface area contributed by atoms with Crippen LogP contribution in [0.2, 0.25) is 0 Å². The van der Waals surface area contributed by atoms with Crippen LogP contribution in [-0.2, 0) is 20.7 Å². The van der Waals surface area contributed by atoms with Gasteiger partial charge in [0.05, 0.1) is 33.5 Å². The van der Waals surface area contributed by atoms with Crippen LogP contribution in [0.5, 0.6) is 34.5 Å². The number of hydrogen-bond acceptors (Lipinski definition) is 9. The molecule has 0 unspecified atom stereocenters. The Hall–Kier alpha value is -4.37. The number of benzene rings is 3. The van der Waals surface area contributed by atoms with Gasteiger partial charge in [-0.15, -0.1) is 0 Å². The number of hydrogen-bond donors (Lipinski definition) is 4. The number of phenols is 4. The summed E-state index contributed by atoms with van der Waals surface area (Å²) in [5.41, 5.74) is 2.23. The first kappa shape index (κ1) is 26.7. The van der Waals surface area contributed by atoms with E-state index in [1.807, 2.05) is 6.07 Å². The van der Waals surface area contributed by atoms with Crippen molar-refractivity contribution in [2.75, 3.05) is 27.4 Å². The highest BCUT2D eigenvalue weighted by Gasteiger charge is 2.39. The quantitative estimate of drug-likeness (QED) is 0.184. The third-order valence-corrected chi connectivity index (χ3v) is 6.59. The van der Waals surface area contributed by atoms with Crippen molar-refractivity contribution in [2.45, 2.75) is 12.5 Å². The summed E-state index contributed by atoms with van der Waals surface area (Å²) < 4.78 is 22.3. The van der Waals surface area contributed by atoms with Gasteiger partial charge in [0, 0.05) is 12.0 Å². The van der Waals surface area contributed by atoms with Gasteiger partial charge in [-0.2, -0.15) is 0 Å².